The molecule has 2 heterocycles. The van der Waals surface area contributed by atoms with Crippen molar-refractivity contribution in [1.82, 2.24) is 0 Å². The van der Waals surface area contributed by atoms with E-state index in [2.05, 4.69) is 26.0 Å². The molecule has 5 heteroatoms. The van der Waals surface area contributed by atoms with Gasteiger partial charge in [0.25, 0.3) is 0 Å². The highest BCUT2D eigenvalue weighted by Crippen LogP contribution is 2.32. The molecule has 0 spiro atoms. The summed E-state index contributed by atoms with van der Waals surface area (Å²) < 4.78 is 22.7. The van der Waals surface area contributed by atoms with Crippen LogP contribution in [0.25, 0.3) is 0 Å². The van der Waals surface area contributed by atoms with E-state index in [4.69, 9.17) is 18.9 Å². The third kappa shape index (κ3) is 3.10. The Hall–Kier alpha value is -1.59. The molecular formula is C17H22O5. The maximum Gasteiger partial charge on any atom is 0.303 e. The third-order valence-corrected chi connectivity index (χ3v) is 4.09. The van der Waals surface area contributed by atoms with E-state index >= 15 is 0 Å². The molecule has 2 fully saturated rings. The topological polar surface area (TPSA) is 54.0 Å². The number of rotatable bonds is 4. The van der Waals surface area contributed by atoms with Crippen LogP contribution >= 0.6 is 0 Å². The van der Waals surface area contributed by atoms with Gasteiger partial charge in [0, 0.05) is 6.92 Å². The number of ether oxygens (including phenoxy) is 4. The van der Waals surface area contributed by atoms with Crippen LogP contribution in [0.2, 0.25) is 0 Å². The van der Waals surface area contributed by atoms with Crippen molar-refractivity contribution in [3.05, 3.63) is 29.8 Å². The first-order valence-electron chi connectivity index (χ1n) is 7.71. The fraction of sp³-hybridized carbons (Fsp3) is 0.588. The molecule has 2 aliphatic rings. The summed E-state index contributed by atoms with van der Waals surface area (Å²) in [5.41, 5.74) is 1.23. The monoisotopic (exact) mass is 306 g/mol. The van der Waals surface area contributed by atoms with Crippen LogP contribution in [0.5, 0.6) is 5.75 Å². The first-order chi connectivity index (χ1) is 10.5. The third-order valence-electron chi connectivity index (χ3n) is 4.09. The maximum atomic E-state index is 11.1. The summed E-state index contributed by atoms with van der Waals surface area (Å²) in [6.45, 7) is 6.50. The van der Waals surface area contributed by atoms with Crippen molar-refractivity contribution in [2.75, 3.05) is 13.2 Å². The van der Waals surface area contributed by atoms with E-state index in [1.807, 2.05) is 12.1 Å². The molecule has 0 N–H and O–H groups in total. The Balaban J connectivity index is 1.65. The van der Waals surface area contributed by atoms with E-state index in [-0.39, 0.29) is 30.4 Å². The fourth-order valence-corrected chi connectivity index (χ4v) is 2.97. The minimum atomic E-state index is -0.335. The van der Waals surface area contributed by atoms with Gasteiger partial charge in [-0.2, -0.15) is 0 Å². The van der Waals surface area contributed by atoms with Crippen LogP contribution in [0.15, 0.2) is 24.3 Å². The highest BCUT2D eigenvalue weighted by molar-refractivity contribution is 5.66. The summed E-state index contributed by atoms with van der Waals surface area (Å²) in [6, 6.07) is 8.08. The van der Waals surface area contributed by atoms with Gasteiger partial charge in [0.05, 0.1) is 13.2 Å². The number of hydrogen-bond acceptors (Lipinski definition) is 5. The van der Waals surface area contributed by atoms with Gasteiger partial charge in [0.1, 0.15) is 18.0 Å². The van der Waals surface area contributed by atoms with Crippen LogP contribution in [0.4, 0.5) is 0 Å². The van der Waals surface area contributed by atoms with Crippen molar-refractivity contribution >= 4 is 5.97 Å². The summed E-state index contributed by atoms with van der Waals surface area (Å²) in [4.78, 5) is 11.1. The van der Waals surface area contributed by atoms with Crippen LogP contribution in [-0.4, -0.2) is 43.6 Å². The fourth-order valence-electron chi connectivity index (χ4n) is 2.97. The quantitative estimate of drug-likeness (QED) is 0.799. The van der Waals surface area contributed by atoms with Gasteiger partial charge in [-0.1, -0.05) is 26.0 Å². The van der Waals surface area contributed by atoms with Crippen molar-refractivity contribution < 1.29 is 23.7 Å². The number of fused-ring (bicyclic) bond motifs is 1. The average molecular weight is 306 g/mol. The normalized spacial score (nSPS) is 30.4. The van der Waals surface area contributed by atoms with Crippen molar-refractivity contribution in [1.29, 1.82) is 0 Å². The summed E-state index contributed by atoms with van der Waals surface area (Å²) >= 11 is 0. The zero-order chi connectivity index (χ0) is 15.7. The van der Waals surface area contributed by atoms with Crippen molar-refractivity contribution in [2.45, 2.75) is 51.1 Å². The summed E-state index contributed by atoms with van der Waals surface area (Å²) in [6.07, 6.45) is -0.930. The molecule has 4 atom stereocenters. The Labute approximate surface area is 130 Å². The second kappa shape index (κ2) is 6.26. The van der Waals surface area contributed by atoms with Gasteiger partial charge in [0.2, 0.25) is 0 Å². The SMILES string of the molecule is CC(=O)O[C@H]1CO[C@H]2[C@@H]1OC[C@@H]2Oc1cccc(C(C)C)c1. The second-order valence-corrected chi connectivity index (χ2v) is 6.13. The van der Waals surface area contributed by atoms with Crippen LogP contribution in [0, 0.1) is 0 Å². The van der Waals surface area contributed by atoms with Crippen LogP contribution < -0.4 is 4.74 Å². The zero-order valence-electron chi connectivity index (χ0n) is 13.2. The van der Waals surface area contributed by atoms with Crippen molar-refractivity contribution in [3.63, 3.8) is 0 Å². The Morgan fingerprint density at radius 1 is 1.18 bits per heavy atom. The predicted octanol–water partition coefficient (Wildman–Crippen LogP) is 2.29. The standard InChI is InChI=1S/C17H22O5/c1-10(2)12-5-4-6-13(7-12)22-15-9-20-16-14(21-11(3)18)8-19-17(15)16/h4-7,10,14-17H,8-9H2,1-3H3/t14-,15-,16+,17+/m0/s1. The lowest BCUT2D eigenvalue weighted by molar-refractivity contribution is -0.150. The van der Waals surface area contributed by atoms with Crippen LogP contribution in [-0.2, 0) is 19.0 Å². The van der Waals surface area contributed by atoms with E-state index in [1.165, 1.54) is 12.5 Å². The molecule has 0 unspecified atom stereocenters. The highest BCUT2D eigenvalue weighted by atomic mass is 16.7. The molecule has 120 valence electrons. The Kier molecular flexibility index (Phi) is 4.36. The van der Waals surface area contributed by atoms with Gasteiger partial charge in [-0.15, -0.1) is 0 Å². The van der Waals surface area contributed by atoms with Crippen LogP contribution in [0.1, 0.15) is 32.3 Å². The van der Waals surface area contributed by atoms with E-state index in [0.29, 0.717) is 19.1 Å². The Bertz CT molecular complexity index is 542. The number of carbonyl (C=O) groups excluding carboxylic acids is 1. The molecular weight excluding hydrogens is 284 g/mol. The van der Waals surface area contributed by atoms with E-state index in [9.17, 15) is 4.79 Å². The molecule has 1 aromatic rings. The first-order valence-corrected chi connectivity index (χ1v) is 7.71. The first kappa shape index (κ1) is 15.3. The van der Waals surface area contributed by atoms with Crippen molar-refractivity contribution in [2.24, 2.45) is 0 Å². The van der Waals surface area contributed by atoms with Gasteiger partial charge < -0.3 is 18.9 Å². The molecule has 0 amide bonds. The molecule has 22 heavy (non-hydrogen) atoms. The molecule has 0 aliphatic carbocycles. The molecule has 2 saturated heterocycles. The largest absolute Gasteiger partial charge is 0.485 e. The average Bonchev–Trinajstić information content (AvgIpc) is 3.03. The van der Waals surface area contributed by atoms with E-state index < -0.39 is 0 Å². The lowest BCUT2D eigenvalue weighted by Crippen LogP contribution is -2.36. The van der Waals surface area contributed by atoms with Gasteiger partial charge in [-0.25, -0.2) is 0 Å². The lowest BCUT2D eigenvalue weighted by Gasteiger charge is -2.19. The summed E-state index contributed by atoms with van der Waals surface area (Å²) in [5, 5.41) is 0. The molecule has 5 nitrogen and oxygen atoms in total. The summed E-state index contributed by atoms with van der Waals surface area (Å²) in [7, 11) is 0. The Morgan fingerprint density at radius 2 is 1.86 bits per heavy atom. The second-order valence-electron chi connectivity index (χ2n) is 6.13. The van der Waals surface area contributed by atoms with E-state index in [1.54, 1.807) is 0 Å². The van der Waals surface area contributed by atoms with Crippen LogP contribution in [0.3, 0.4) is 0 Å². The molecule has 3 rings (SSSR count). The van der Waals surface area contributed by atoms with Crippen molar-refractivity contribution in [3.8, 4) is 5.75 Å². The smallest absolute Gasteiger partial charge is 0.303 e. The maximum absolute atomic E-state index is 11.1. The number of carbonyl (C=O) groups is 1. The highest BCUT2D eigenvalue weighted by Gasteiger charge is 2.50. The number of esters is 1. The van der Waals surface area contributed by atoms with Gasteiger partial charge in [0.15, 0.2) is 12.2 Å². The van der Waals surface area contributed by atoms with Gasteiger partial charge >= 0.3 is 5.97 Å². The number of benzene rings is 1. The molecule has 2 aliphatic heterocycles. The Morgan fingerprint density at radius 3 is 2.55 bits per heavy atom. The molecule has 0 aromatic heterocycles. The molecule has 0 radical (unpaired) electrons. The van der Waals surface area contributed by atoms with Gasteiger partial charge in [-0.05, 0) is 23.6 Å². The minimum Gasteiger partial charge on any atom is -0.485 e. The molecule has 0 saturated carbocycles. The van der Waals surface area contributed by atoms with E-state index in [0.717, 1.165) is 5.75 Å². The molecule has 0 bridgehead atoms. The summed E-state index contributed by atoms with van der Waals surface area (Å²) in [5.74, 6) is 0.957. The zero-order valence-corrected chi connectivity index (χ0v) is 13.2. The lowest BCUT2D eigenvalue weighted by atomic mass is 10.0. The van der Waals surface area contributed by atoms with Gasteiger partial charge in [-0.3, -0.25) is 4.79 Å². The number of hydrogen-bond donors (Lipinski definition) is 0. The minimum absolute atomic E-state index is 0.173. The predicted molar refractivity (Wildman–Crippen MR) is 80.0 cm³/mol. The molecule has 1 aromatic carbocycles.